The average Bonchev–Trinajstić information content (AvgIpc) is 3.96. The maximum atomic E-state index is 13.4. The van der Waals surface area contributed by atoms with Crippen molar-refractivity contribution in [1.82, 2.24) is 4.98 Å². The summed E-state index contributed by atoms with van der Waals surface area (Å²) in [4.78, 5) is 66.6. The Kier molecular flexibility index (Phi) is 28.4. The van der Waals surface area contributed by atoms with E-state index in [4.69, 9.17) is 52.7 Å². The number of ketones is 1. The summed E-state index contributed by atoms with van der Waals surface area (Å²) in [6.07, 6.45) is 9.48. The maximum Gasteiger partial charge on any atom is 0.338 e. The molecule has 0 fully saturated rings. The molecule has 5 aromatic rings. The highest BCUT2D eigenvalue weighted by atomic mass is 32.1. The molecule has 0 amide bonds. The summed E-state index contributed by atoms with van der Waals surface area (Å²) in [5.74, 6) is -0.879. The first-order valence-corrected chi connectivity index (χ1v) is 27.3. The number of unbranched alkanes of at least 4 members (excludes halogenated alkanes) is 2. The van der Waals surface area contributed by atoms with Crippen LogP contribution in [0.3, 0.4) is 0 Å². The quantitative estimate of drug-likeness (QED) is 0.00443. The molecule has 4 aromatic carbocycles. The second-order valence-corrected chi connectivity index (χ2v) is 18.9. The van der Waals surface area contributed by atoms with E-state index in [9.17, 15) is 29.1 Å². The van der Waals surface area contributed by atoms with Crippen LogP contribution in [0.5, 0.6) is 11.5 Å². The van der Waals surface area contributed by atoms with Gasteiger partial charge in [-0.2, -0.15) is 5.10 Å². The van der Waals surface area contributed by atoms with E-state index in [-0.39, 0.29) is 65.0 Å². The molecule has 430 valence electrons. The van der Waals surface area contributed by atoms with Crippen molar-refractivity contribution in [3.8, 4) is 11.5 Å². The van der Waals surface area contributed by atoms with Crippen LogP contribution >= 0.6 is 11.3 Å². The van der Waals surface area contributed by atoms with Crippen LogP contribution in [0.4, 0.5) is 5.13 Å². The number of aryl methyl sites for hydroxylation is 1. The van der Waals surface area contributed by atoms with Crippen molar-refractivity contribution >= 4 is 62.6 Å². The number of benzene rings is 4. The molecule has 2 atom stereocenters. The number of carbonyl (C=O) groups excluding carboxylic acids is 5. The number of aliphatic hydroxyl groups excluding tert-OH is 1. The first kappa shape index (κ1) is 63.6. The Labute approximate surface area is 476 Å². The van der Waals surface area contributed by atoms with E-state index in [2.05, 4.69) is 32.9 Å². The van der Waals surface area contributed by atoms with Crippen molar-refractivity contribution in [1.29, 1.82) is 0 Å². The summed E-state index contributed by atoms with van der Waals surface area (Å²) in [6, 6.07) is 26.8. The standard InChI is InChI=1S/C62H71N3O15S/c1-6-45(5)74-36-14-12-34-72-41-54(80-60(70)9-4)44-78-52-29-25-49(26-30-52)61(71)76-38-31-47-22-21-46(39-50(47)40-63-65(32-33-66)62-64-55-18-10-11-20-57(55)81-62)17-16-19-56(67)48-23-27-51(28-24-48)77-43-53(79-59(69)8-3)42-73-35-13-15-37-75-58(68)7-2/h6-11,18,20-30,39-40,53-54,66H,1-5,12-17,19,31-38,41-44H2/b63-40+. The zero-order chi connectivity index (χ0) is 58.0. The largest absolute Gasteiger partial charge is 0.494 e. The summed E-state index contributed by atoms with van der Waals surface area (Å²) in [6.45, 7) is 19.4. The van der Waals surface area contributed by atoms with Gasteiger partial charge in [-0.1, -0.05) is 68.5 Å². The normalized spacial score (nSPS) is 11.7. The number of aromatic nitrogens is 1. The average molecular weight is 1130 g/mol. The molecular formula is C62H71N3O15S. The molecule has 0 aliphatic rings. The van der Waals surface area contributed by atoms with Gasteiger partial charge >= 0.3 is 23.9 Å². The number of hydrogen-bond donors (Lipinski definition) is 1. The molecule has 19 heteroatoms. The van der Waals surface area contributed by atoms with Crippen molar-refractivity contribution in [2.24, 2.45) is 5.10 Å². The third-order valence-electron chi connectivity index (χ3n) is 11.8. The molecule has 1 heterocycles. The molecule has 0 saturated heterocycles. The topological polar surface area (TPSA) is 217 Å². The Morgan fingerprint density at radius 2 is 1.22 bits per heavy atom. The molecule has 81 heavy (non-hydrogen) atoms. The van der Waals surface area contributed by atoms with Crippen molar-refractivity contribution in [2.75, 3.05) is 77.6 Å². The van der Waals surface area contributed by atoms with Gasteiger partial charge in [-0.05, 0) is 128 Å². The van der Waals surface area contributed by atoms with E-state index in [1.54, 1.807) is 65.8 Å². The third-order valence-corrected chi connectivity index (χ3v) is 12.8. The van der Waals surface area contributed by atoms with Crippen LogP contribution in [0.25, 0.3) is 10.2 Å². The lowest BCUT2D eigenvalue weighted by atomic mass is 9.98. The number of hydrogen-bond acceptors (Lipinski definition) is 19. The number of aliphatic hydroxyl groups is 1. The number of para-hydroxylation sites is 1. The Balaban J connectivity index is 1.16. The van der Waals surface area contributed by atoms with Gasteiger partial charge in [0.25, 0.3) is 0 Å². The first-order chi connectivity index (χ1) is 39.4. The zero-order valence-electron chi connectivity index (χ0n) is 45.6. The van der Waals surface area contributed by atoms with Gasteiger partial charge in [0.15, 0.2) is 18.0 Å². The summed E-state index contributed by atoms with van der Waals surface area (Å²) in [7, 11) is 0. The number of allylic oxidation sites excluding steroid dienone is 1. The number of fused-ring (bicyclic) bond motifs is 1. The summed E-state index contributed by atoms with van der Waals surface area (Å²) in [5, 5.41) is 17.0. The van der Waals surface area contributed by atoms with Crippen molar-refractivity contribution in [2.45, 2.75) is 63.6 Å². The van der Waals surface area contributed by atoms with E-state index in [1.807, 2.05) is 42.5 Å². The lowest BCUT2D eigenvalue weighted by Crippen LogP contribution is -2.29. The number of Topliss-reactive ketones (excluding diaryl/α,β-unsaturated/α-hetero) is 1. The van der Waals surface area contributed by atoms with Gasteiger partial charge in [-0.25, -0.2) is 29.2 Å². The third kappa shape index (κ3) is 23.6. The van der Waals surface area contributed by atoms with Gasteiger partial charge in [0.2, 0.25) is 5.13 Å². The number of thiazole rings is 1. The molecule has 5 rings (SSSR count). The molecule has 2 unspecified atom stereocenters. The SMILES string of the molecule is C=CC(=C)OCCCCOCC(COc1ccc(C(=O)OCCc2ccc(CCCC(=O)c3ccc(OCC(COCCCCOC(=O)C=C)OC(=O)C=C)cc3)cc2/C=N/N(CCO)c2nc3ccccc3s2)cc1)OC(=O)C=C. The van der Waals surface area contributed by atoms with Crippen LogP contribution in [0.2, 0.25) is 0 Å². The van der Waals surface area contributed by atoms with Gasteiger partial charge in [0.05, 0.1) is 68.2 Å². The number of nitrogens with zero attached hydrogens (tertiary/aromatic N) is 3. The van der Waals surface area contributed by atoms with Gasteiger partial charge in [-0.3, -0.25) is 4.79 Å². The molecule has 18 nitrogen and oxygen atoms in total. The number of hydrazone groups is 1. The molecule has 0 saturated carbocycles. The monoisotopic (exact) mass is 1130 g/mol. The second kappa shape index (κ2) is 36.1. The number of esters is 4. The van der Waals surface area contributed by atoms with Gasteiger partial charge in [0, 0.05) is 49.8 Å². The fraction of sp³-hybridized carbons (Fsp3) is 0.339. The lowest BCUT2D eigenvalue weighted by Gasteiger charge is -2.18. The Morgan fingerprint density at radius 3 is 1.81 bits per heavy atom. The minimum absolute atomic E-state index is 0.000147. The first-order valence-electron chi connectivity index (χ1n) is 26.5. The lowest BCUT2D eigenvalue weighted by molar-refractivity contribution is -0.148. The summed E-state index contributed by atoms with van der Waals surface area (Å²) >= 11 is 1.46. The van der Waals surface area contributed by atoms with Gasteiger partial charge < -0.3 is 47.7 Å². The van der Waals surface area contributed by atoms with E-state index in [0.717, 1.165) is 58.0 Å². The Bertz CT molecular complexity index is 2850. The molecule has 0 radical (unpaired) electrons. The predicted octanol–water partition coefficient (Wildman–Crippen LogP) is 9.73. The highest BCUT2D eigenvalue weighted by molar-refractivity contribution is 7.22. The minimum Gasteiger partial charge on any atom is -0.494 e. The number of carbonyl (C=O) groups is 5. The van der Waals surface area contributed by atoms with Crippen LogP contribution in [0.1, 0.15) is 75.9 Å². The fourth-order valence-electron chi connectivity index (χ4n) is 7.48. The summed E-state index contributed by atoms with van der Waals surface area (Å²) < 4.78 is 51.1. The highest BCUT2D eigenvalue weighted by Crippen LogP contribution is 2.29. The van der Waals surface area contributed by atoms with Crippen LogP contribution in [-0.4, -0.2) is 131 Å². The van der Waals surface area contributed by atoms with Crippen LogP contribution in [-0.2, 0) is 60.4 Å². The van der Waals surface area contributed by atoms with Crippen LogP contribution in [0, 0.1) is 0 Å². The van der Waals surface area contributed by atoms with Crippen LogP contribution in [0.15, 0.2) is 159 Å². The Morgan fingerprint density at radius 1 is 0.630 bits per heavy atom. The number of anilines is 1. The number of rotatable bonds is 41. The van der Waals surface area contributed by atoms with E-state index in [1.165, 1.54) is 11.3 Å². The summed E-state index contributed by atoms with van der Waals surface area (Å²) in [5.41, 5.74) is 4.21. The predicted molar refractivity (Wildman–Crippen MR) is 310 cm³/mol. The highest BCUT2D eigenvalue weighted by Gasteiger charge is 2.18. The molecule has 0 bridgehead atoms. The van der Waals surface area contributed by atoms with Gasteiger partial charge in [-0.15, -0.1) is 0 Å². The molecular weight excluding hydrogens is 1060 g/mol. The molecule has 1 N–H and O–H groups in total. The molecule has 0 spiro atoms. The second-order valence-electron chi connectivity index (χ2n) is 17.9. The van der Waals surface area contributed by atoms with E-state index < -0.39 is 36.1 Å². The maximum absolute atomic E-state index is 13.4. The fourth-order valence-corrected chi connectivity index (χ4v) is 8.43. The molecule has 0 aliphatic carbocycles. The number of ether oxygens (including phenoxy) is 9. The minimum atomic E-state index is -0.723. The molecule has 0 aliphatic heterocycles. The van der Waals surface area contributed by atoms with Crippen molar-refractivity contribution < 1.29 is 71.7 Å². The zero-order valence-corrected chi connectivity index (χ0v) is 46.4. The van der Waals surface area contributed by atoms with E-state index >= 15 is 0 Å². The van der Waals surface area contributed by atoms with Crippen molar-refractivity contribution in [3.63, 3.8) is 0 Å². The van der Waals surface area contributed by atoms with Crippen molar-refractivity contribution in [3.05, 3.63) is 182 Å². The van der Waals surface area contributed by atoms with Gasteiger partial charge in [0.1, 0.15) is 30.5 Å². The van der Waals surface area contributed by atoms with Crippen LogP contribution < -0.4 is 14.5 Å². The Hall–Kier alpha value is -8.23. The molecule has 1 aromatic heterocycles. The smallest absolute Gasteiger partial charge is 0.338 e. The van der Waals surface area contributed by atoms with E-state index in [0.29, 0.717) is 85.4 Å².